The summed E-state index contributed by atoms with van der Waals surface area (Å²) in [5.74, 6) is 3.51. The van der Waals surface area contributed by atoms with Gasteiger partial charge in [0.2, 0.25) is 0 Å². The van der Waals surface area contributed by atoms with Crippen LogP contribution in [0.4, 0.5) is 0 Å². The van der Waals surface area contributed by atoms with Crippen LogP contribution < -0.4 is 0 Å². The number of hydrogen-bond donors (Lipinski definition) is 0. The Labute approximate surface area is 112 Å². The van der Waals surface area contributed by atoms with Crippen LogP contribution in [0.15, 0.2) is 12.2 Å². The van der Waals surface area contributed by atoms with E-state index in [4.69, 9.17) is 9.47 Å². The van der Waals surface area contributed by atoms with Crippen molar-refractivity contribution in [3.8, 4) is 0 Å². The predicted molar refractivity (Wildman–Crippen MR) is 74.5 cm³/mol. The maximum absolute atomic E-state index is 5.88. The molecule has 104 valence electrons. The summed E-state index contributed by atoms with van der Waals surface area (Å²) in [5, 5.41) is 0. The van der Waals surface area contributed by atoms with Crippen LogP contribution >= 0.6 is 0 Å². The molecule has 2 nitrogen and oxygen atoms in total. The lowest BCUT2D eigenvalue weighted by Gasteiger charge is -2.28. The highest BCUT2D eigenvalue weighted by atomic mass is 16.5. The van der Waals surface area contributed by atoms with Gasteiger partial charge in [0.05, 0.1) is 13.2 Å². The fraction of sp³-hybridized carbons (Fsp3) is 0.875. The van der Waals surface area contributed by atoms with Crippen molar-refractivity contribution in [2.75, 3.05) is 26.4 Å². The zero-order chi connectivity index (χ0) is 13.0. The molecule has 2 aliphatic carbocycles. The van der Waals surface area contributed by atoms with Gasteiger partial charge < -0.3 is 9.47 Å². The van der Waals surface area contributed by atoms with Crippen molar-refractivity contribution in [3.05, 3.63) is 12.2 Å². The molecular weight excluding hydrogens is 224 g/mol. The first-order valence-corrected chi connectivity index (χ1v) is 7.56. The molecule has 0 aliphatic heterocycles. The Morgan fingerprint density at radius 2 is 1.67 bits per heavy atom. The van der Waals surface area contributed by atoms with Crippen LogP contribution in [0, 0.1) is 29.6 Å². The van der Waals surface area contributed by atoms with E-state index in [0.29, 0.717) is 17.8 Å². The lowest BCUT2D eigenvalue weighted by Crippen LogP contribution is -2.28. The molecule has 2 heteroatoms. The molecule has 0 aromatic rings. The predicted octanol–water partition coefficient (Wildman–Crippen LogP) is 3.52. The zero-order valence-corrected chi connectivity index (χ0v) is 12.1. The van der Waals surface area contributed by atoms with Gasteiger partial charge in [0.1, 0.15) is 0 Å². The maximum Gasteiger partial charge on any atom is 0.0503 e. The molecule has 0 amide bonds. The molecule has 2 aliphatic rings. The Kier molecular flexibility index (Phi) is 5.25. The topological polar surface area (TPSA) is 18.5 Å². The highest BCUT2D eigenvalue weighted by molar-refractivity contribution is 5.13. The fourth-order valence-corrected chi connectivity index (χ4v) is 3.32. The van der Waals surface area contributed by atoms with Crippen molar-refractivity contribution in [2.45, 2.75) is 33.6 Å². The minimum atomic E-state index is 0.633. The van der Waals surface area contributed by atoms with E-state index in [0.717, 1.165) is 44.7 Å². The van der Waals surface area contributed by atoms with Crippen molar-refractivity contribution >= 4 is 0 Å². The summed E-state index contributed by atoms with van der Waals surface area (Å²) < 4.78 is 11.7. The highest BCUT2D eigenvalue weighted by Crippen LogP contribution is 2.48. The summed E-state index contributed by atoms with van der Waals surface area (Å²) in [5.41, 5.74) is 0. The molecule has 4 atom stereocenters. The zero-order valence-electron chi connectivity index (χ0n) is 12.1. The number of allylic oxidation sites excluding steroid dienone is 2. The van der Waals surface area contributed by atoms with E-state index in [1.54, 1.807) is 0 Å². The molecule has 2 rings (SSSR count). The average Bonchev–Trinajstić information content (AvgIpc) is 2.91. The molecule has 0 spiro atoms. The Morgan fingerprint density at radius 3 is 2.22 bits per heavy atom. The number of ether oxygens (including phenoxy) is 2. The highest BCUT2D eigenvalue weighted by Gasteiger charge is 2.44. The van der Waals surface area contributed by atoms with Crippen molar-refractivity contribution in [1.29, 1.82) is 0 Å². The summed E-state index contributed by atoms with van der Waals surface area (Å²) in [6.45, 7) is 10.2. The monoisotopic (exact) mass is 252 g/mol. The standard InChI is InChI=1S/C16H28O2/c1-4-7-17-10-15-13-5-6-14(8-13)16(15)11-18-9-12(2)3/h5-6,12-16H,4,7-11H2,1-3H3. The summed E-state index contributed by atoms with van der Waals surface area (Å²) >= 11 is 0. The number of rotatable bonds is 8. The molecule has 0 N–H and O–H groups in total. The lowest BCUT2D eigenvalue weighted by molar-refractivity contribution is 0.0209. The van der Waals surface area contributed by atoms with Gasteiger partial charge in [-0.05, 0) is 42.4 Å². The Bertz CT molecular complexity index is 272. The third-order valence-corrected chi connectivity index (χ3v) is 4.22. The minimum absolute atomic E-state index is 0.633. The van der Waals surface area contributed by atoms with Gasteiger partial charge in [0, 0.05) is 13.2 Å². The van der Waals surface area contributed by atoms with E-state index >= 15 is 0 Å². The molecule has 18 heavy (non-hydrogen) atoms. The van der Waals surface area contributed by atoms with Gasteiger partial charge in [-0.2, -0.15) is 0 Å². The van der Waals surface area contributed by atoms with Crippen LogP contribution in [0.5, 0.6) is 0 Å². The Hall–Kier alpha value is -0.340. The molecule has 0 aromatic carbocycles. The van der Waals surface area contributed by atoms with Crippen molar-refractivity contribution in [2.24, 2.45) is 29.6 Å². The average molecular weight is 252 g/mol. The van der Waals surface area contributed by atoms with Gasteiger partial charge in [-0.1, -0.05) is 32.9 Å². The first-order chi connectivity index (χ1) is 8.72. The molecule has 0 heterocycles. The molecular formula is C16H28O2. The van der Waals surface area contributed by atoms with Crippen LogP contribution in [0.2, 0.25) is 0 Å². The third kappa shape index (κ3) is 3.36. The molecule has 0 radical (unpaired) electrons. The third-order valence-electron chi connectivity index (χ3n) is 4.22. The van der Waals surface area contributed by atoms with E-state index in [1.165, 1.54) is 6.42 Å². The van der Waals surface area contributed by atoms with E-state index in [9.17, 15) is 0 Å². The first kappa shape index (κ1) is 14.1. The first-order valence-electron chi connectivity index (χ1n) is 7.56. The largest absolute Gasteiger partial charge is 0.381 e. The molecule has 2 bridgehead atoms. The molecule has 1 fully saturated rings. The van der Waals surface area contributed by atoms with E-state index in [2.05, 4.69) is 32.9 Å². The van der Waals surface area contributed by atoms with Gasteiger partial charge in [0.25, 0.3) is 0 Å². The second-order valence-corrected chi connectivity index (χ2v) is 6.28. The summed E-state index contributed by atoms with van der Waals surface area (Å²) in [4.78, 5) is 0. The second-order valence-electron chi connectivity index (χ2n) is 6.28. The van der Waals surface area contributed by atoms with Crippen molar-refractivity contribution < 1.29 is 9.47 Å². The van der Waals surface area contributed by atoms with Crippen LogP contribution in [0.1, 0.15) is 33.6 Å². The smallest absolute Gasteiger partial charge is 0.0503 e. The van der Waals surface area contributed by atoms with E-state index in [-0.39, 0.29) is 0 Å². The Morgan fingerprint density at radius 1 is 1.06 bits per heavy atom. The summed E-state index contributed by atoms with van der Waals surface area (Å²) in [6.07, 6.45) is 7.26. The SMILES string of the molecule is CCCOCC1C2C=CC(C2)C1COCC(C)C. The van der Waals surface area contributed by atoms with Crippen molar-refractivity contribution in [1.82, 2.24) is 0 Å². The second kappa shape index (κ2) is 6.72. The normalized spacial score (nSPS) is 33.8. The van der Waals surface area contributed by atoms with Crippen molar-refractivity contribution in [3.63, 3.8) is 0 Å². The van der Waals surface area contributed by atoms with E-state index < -0.39 is 0 Å². The maximum atomic E-state index is 5.88. The van der Waals surface area contributed by atoms with Gasteiger partial charge in [-0.3, -0.25) is 0 Å². The quantitative estimate of drug-likeness (QED) is 0.486. The summed E-state index contributed by atoms with van der Waals surface area (Å²) in [6, 6.07) is 0. The molecule has 1 saturated carbocycles. The Balaban J connectivity index is 1.80. The lowest BCUT2D eigenvalue weighted by atomic mass is 9.84. The van der Waals surface area contributed by atoms with Crippen LogP contribution in [-0.2, 0) is 9.47 Å². The number of hydrogen-bond acceptors (Lipinski definition) is 2. The van der Waals surface area contributed by atoms with E-state index in [1.807, 2.05) is 0 Å². The van der Waals surface area contributed by atoms with Crippen LogP contribution in [0.25, 0.3) is 0 Å². The van der Waals surface area contributed by atoms with Crippen LogP contribution in [0.3, 0.4) is 0 Å². The molecule has 0 saturated heterocycles. The summed E-state index contributed by atoms with van der Waals surface area (Å²) in [7, 11) is 0. The van der Waals surface area contributed by atoms with Gasteiger partial charge in [-0.25, -0.2) is 0 Å². The van der Waals surface area contributed by atoms with Gasteiger partial charge in [0.15, 0.2) is 0 Å². The van der Waals surface area contributed by atoms with Gasteiger partial charge in [-0.15, -0.1) is 0 Å². The molecule has 0 aromatic heterocycles. The van der Waals surface area contributed by atoms with Crippen LogP contribution in [-0.4, -0.2) is 26.4 Å². The number of fused-ring (bicyclic) bond motifs is 2. The molecule has 4 unspecified atom stereocenters. The minimum Gasteiger partial charge on any atom is -0.381 e. The fourth-order valence-electron chi connectivity index (χ4n) is 3.32. The van der Waals surface area contributed by atoms with Gasteiger partial charge >= 0.3 is 0 Å².